The molecule has 0 bridgehead atoms. The van der Waals surface area contributed by atoms with Gasteiger partial charge in [0.25, 0.3) is 0 Å². The third kappa shape index (κ3) is 1.73. The van der Waals surface area contributed by atoms with Crippen LogP contribution in [-0.4, -0.2) is 0 Å². The minimum atomic E-state index is -0.511. The molecule has 1 heteroatoms. The highest BCUT2D eigenvalue weighted by Gasteiger charge is 2.20. The quantitative estimate of drug-likeness (QED) is 0.594. The van der Waals surface area contributed by atoms with E-state index in [1.54, 1.807) is 0 Å². The Balaban J connectivity index is 2.32. The molecule has 0 spiro atoms. The van der Waals surface area contributed by atoms with E-state index in [-0.39, 0.29) is 0 Å². The topological polar surface area (TPSA) is 0 Å². The molecule has 66 valence electrons. The zero-order chi connectivity index (χ0) is 9.26. The van der Waals surface area contributed by atoms with E-state index >= 15 is 0 Å². The molecule has 2 rings (SSSR count). The molecule has 0 aliphatic carbocycles. The summed E-state index contributed by atoms with van der Waals surface area (Å²) >= 11 is 0. The van der Waals surface area contributed by atoms with Crippen molar-refractivity contribution < 1.29 is 0 Å². The second-order valence-electron chi connectivity index (χ2n) is 3.48. The van der Waals surface area contributed by atoms with Crippen LogP contribution in [0, 0.1) is 0 Å². The Morgan fingerprint density at radius 3 is 1.92 bits per heavy atom. The van der Waals surface area contributed by atoms with Crippen LogP contribution in [0.25, 0.3) is 0 Å². The Morgan fingerprint density at radius 2 is 1.38 bits per heavy atom. The van der Waals surface area contributed by atoms with Gasteiger partial charge in [-0.2, -0.15) is 0 Å². The van der Waals surface area contributed by atoms with Gasteiger partial charge in [-0.1, -0.05) is 18.2 Å². The van der Waals surface area contributed by atoms with Gasteiger partial charge in [0.15, 0.2) is 0 Å². The lowest BCUT2D eigenvalue weighted by Gasteiger charge is -1.95. The Labute approximate surface area is 80.7 Å². The number of benzene rings is 1. The van der Waals surface area contributed by atoms with E-state index in [1.165, 1.54) is 16.5 Å². The second kappa shape index (κ2) is 3.47. The van der Waals surface area contributed by atoms with Gasteiger partial charge in [-0.05, 0) is 37.1 Å². The zero-order valence-electron chi connectivity index (χ0n) is 8.04. The summed E-state index contributed by atoms with van der Waals surface area (Å²) < 4.78 is 0. The van der Waals surface area contributed by atoms with Gasteiger partial charge in [0.1, 0.15) is 5.30 Å². The zero-order valence-corrected chi connectivity index (χ0v) is 9.04. The van der Waals surface area contributed by atoms with Crippen molar-refractivity contribution in [2.75, 3.05) is 0 Å². The molecule has 1 aromatic carbocycles. The van der Waals surface area contributed by atoms with Crippen molar-refractivity contribution in [2.45, 2.75) is 13.8 Å². The third-order valence-corrected chi connectivity index (χ3v) is 4.96. The fourth-order valence-electron chi connectivity index (χ4n) is 1.53. The van der Waals surface area contributed by atoms with E-state index in [4.69, 9.17) is 0 Å². The molecule has 13 heavy (non-hydrogen) atoms. The van der Waals surface area contributed by atoms with Crippen molar-refractivity contribution in [1.29, 1.82) is 0 Å². The van der Waals surface area contributed by atoms with Gasteiger partial charge in [0.05, 0.1) is 19.6 Å². The lowest BCUT2D eigenvalue weighted by Crippen LogP contribution is -1.93. The molecular formula is C12H14P+. The smallest absolute Gasteiger partial charge is 0.0620 e. The van der Waals surface area contributed by atoms with Crippen LogP contribution in [0.3, 0.4) is 0 Å². The summed E-state index contributed by atoms with van der Waals surface area (Å²) in [4.78, 5) is 0. The minimum Gasteiger partial charge on any atom is -0.0620 e. The van der Waals surface area contributed by atoms with Gasteiger partial charge < -0.3 is 0 Å². The molecule has 0 amide bonds. The van der Waals surface area contributed by atoms with Crippen LogP contribution in [0.15, 0.2) is 53.1 Å². The van der Waals surface area contributed by atoms with Crippen molar-refractivity contribution in [3.05, 3.63) is 53.1 Å². The van der Waals surface area contributed by atoms with Crippen molar-refractivity contribution in [2.24, 2.45) is 0 Å². The van der Waals surface area contributed by atoms with E-state index in [9.17, 15) is 0 Å². The van der Waals surface area contributed by atoms with Crippen molar-refractivity contribution in [1.82, 2.24) is 0 Å². The first-order chi connectivity index (χ1) is 6.27. The highest BCUT2D eigenvalue weighted by molar-refractivity contribution is 7.71. The lowest BCUT2D eigenvalue weighted by atomic mass is 10.2. The van der Waals surface area contributed by atoms with Crippen molar-refractivity contribution in [3.63, 3.8) is 0 Å². The van der Waals surface area contributed by atoms with E-state index in [0.29, 0.717) is 0 Å². The van der Waals surface area contributed by atoms with E-state index in [2.05, 4.69) is 55.8 Å². The lowest BCUT2D eigenvalue weighted by molar-refractivity contribution is 1.39. The normalized spacial score (nSPS) is 17.1. The average Bonchev–Trinajstić information content (AvgIpc) is 2.49. The predicted octanol–water partition coefficient (Wildman–Crippen LogP) is 3.35. The monoisotopic (exact) mass is 189 g/mol. The van der Waals surface area contributed by atoms with Gasteiger partial charge in [-0.25, -0.2) is 0 Å². The van der Waals surface area contributed by atoms with Crippen LogP contribution < -0.4 is 5.30 Å². The average molecular weight is 189 g/mol. The first-order valence-electron chi connectivity index (χ1n) is 4.57. The molecule has 0 saturated carbocycles. The van der Waals surface area contributed by atoms with Gasteiger partial charge in [0, 0.05) is 0 Å². The van der Waals surface area contributed by atoms with Gasteiger partial charge in [-0.15, -0.1) is 0 Å². The highest BCUT2D eigenvalue weighted by atomic mass is 31.1. The predicted molar refractivity (Wildman–Crippen MR) is 61.9 cm³/mol. The second-order valence-corrected chi connectivity index (χ2v) is 5.54. The first-order valence-corrected chi connectivity index (χ1v) is 6.22. The molecule has 0 saturated heterocycles. The van der Waals surface area contributed by atoms with Crippen molar-refractivity contribution in [3.8, 4) is 0 Å². The fourth-order valence-corrected chi connectivity index (χ4v) is 3.92. The molecule has 0 unspecified atom stereocenters. The number of rotatable bonds is 1. The largest absolute Gasteiger partial charge is 0.101 e. The van der Waals surface area contributed by atoms with Crippen molar-refractivity contribution >= 4 is 13.2 Å². The molecule has 1 heterocycles. The minimum absolute atomic E-state index is 0.511. The molecule has 0 fully saturated rings. The summed E-state index contributed by atoms with van der Waals surface area (Å²) in [5, 5.41) is 1.49. The van der Waals surface area contributed by atoms with Crippen LogP contribution in [0.2, 0.25) is 0 Å². The Morgan fingerprint density at radius 1 is 0.846 bits per heavy atom. The van der Waals surface area contributed by atoms with Crippen LogP contribution in [-0.2, 0) is 0 Å². The summed E-state index contributed by atoms with van der Waals surface area (Å²) in [6, 6.07) is 10.8. The summed E-state index contributed by atoms with van der Waals surface area (Å²) in [7, 11) is -0.511. The third-order valence-electron chi connectivity index (χ3n) is 2.47. The Bertz CT molecular complexity index is 342. The molecule has 1 aromatic rings. The SMILES string of the molecule is CC1=C[PH+](c2ccccc2)C=C1C. The van der Waals surface area contributed by atoms with E-state index < -0.39 is 7.92 Å². The number of hydrogen-bond acceptors (Lipinski definition) is 0. The molecule has 1 aliphatic rings. The molecule has 1 aliphatic heterocycles. The summed E-state index contributed by atoms with van der Waals surface area (Å²) in [5.41, 5.74) is 2.91. The van der Waals surface area contributed by atoms with Gasteiger partial charge in [0.2, 0.25) is 0 Å². The van der Waals surface area contributed by atoms with Crippen LogP contribution >= 0.6 is 7.92 Å². The summed E-state index contributed by atoms with van der Waals surface area (Å²) in [5.74, 6) is 4.85. The molecule has 0 radical (unpaired) electrons. The first kappa shape index (κ1) is 8.72. The Hall–Kier alpha value is -0.870. The molecular weight excluding hydrogens is 175 g/mol. The van der Waals surface area contributed by atoms with E-state index in [0.717, 1.165) is 0 Å². The molecule has 0 aromatic heterocycles. The van der Waals surface area contributed by atoms with Crippen LogP contribution in [0.1, 0.15) is 13.8 Å². The maximum atomic E-state index is 2.43. The number of allylic oxidation sites excluding steroid dienone is 2. The Kier molecular flexibility index (Phi) is 2.33. The van der Waals surface area contributed by atoms with Gasteiger partial charge >= 0.3 is 0 Å². The summed E-state index contributed by atoms with van der Waals surface area (Å²) in [6.45, 7) is 4.40. The van der Waals surface area contributed by atoms with Gasteiger partial charge in [-0.3, -0.25) is 0 Å². The van der Waals surface area contributed by atoms with Crippen LogP contribution in [0.5, 0.6) is 0 Å². The van der Waals surface area contributed by atoms with Crippen LogP contribution in [0.4, 0.5) is 0 Å². The summed E-state index contributed by atoms with van der Waals surface area (Å²) in [6.07, 6.45) is 0. The molecule has 0 atom stereocenters. The number of hydrogen-bond donors (Lipinski definition) is 0. The van der Waals surface area contributed by atoms with E-state index in [1.807, 2.05) is 0 Å². The standard InChI is InChI=1S/C12H13P/c1-10-8-13(9-11(10)2)12-6-4-3-5-7-12/h3-9H,1-2H3/p+1. The highest BCUT2D eigenvalue weighted by Crippen LogP contribution is 2.46. The fraction of sp³-hybridized carbons (Fsp3) is 0.167. The maximum absolute atomic E-state index is 2.43. The molecule has 0 nitrogen and oxygen atoms in total. The molecule has 0 N–H and O–H groups in total. The maximum Gasteiger partial charge on any atom is 0.101 e.